The summed E-state index contributed by atoms with van der Waals surface area (Å²) < 4.78 is 4.75. The highest BCUT2D eigenvalue weighted by Gasteiger charge is 2.38. The molecular formula is C23H27NO3. The lowest BCUT2D eigenvalue weighted by Crippen LogP contribution is -2.34. The highest BCUT2D eigenvalue weighted by Crippen LogP contribution is 2.48. The molecule has 2 aliphatic carbocycles. The fraction of sp³-hybridized carbons (Fsp3) is 0.435. The molecule has 0 heterocycles. The highest BCUT2D eigenvalue weighted by atomic mass is 16.5. The second kappa shape index (κ2) is 6.54. The van der Waals surface area contributed by atoms with Crippen LogP contribution in [0.15, 0.2) is 35.4 Å². The molecule has 142 valence electrons. The molecule has 27 heavy (non-hydrogen) atoms. The van der Waals surface area contributed by atoms with Crippen molar-refractivity contribution < 1.29 is 14.3 Å². The van der Waals surface area contributed by atoms with Gasteiger partial charge in [-0.25, -0.2) is 9.59 Å². The van der Waals surface area contributed by atoms with Crippen LogP contribution in [0, 0.1) is 0 Å². The molecule has 0 unspecified atom stereocenters. The van der Waals surface area contributed by atoms with Crippen molar-refractivity contribution in [3.63, 3.8) is 0 Å². The third-order valence-electron chi connectivity index (χ3n) is 6.04. The number of allylic oxidation sites excluding steroid dienone is 3. The van der Waals surface area contributed by atoms with Crippen LogP contribution in [0.3, 0.4) is 0 Å². The number of carbonyl (C=O) groups is 1. The first kappa shape index (κ1) is 19.2. The monoisotopic (exact) mass is 365 g/mol. The largest absolute Gasteiger partial charge is 0.465 e. The van der Waals surface area contributed by atoms with Gasteiger partial charge in [-0.3, -0.25) is 0 Å². The van der Waals surface area contributed by atoms with Crippen LogP contribution in [0.2, 0.25) is 0 Å². The minimum atomic E-state index is -0.523. The van der Waals surface area contributed by atoms with Gasteiger partial charge in [0.05, 0.1) is 18.3 Å². The van der Waals surface area contributed by atoms with Crippen molar-refractivity contribution in [2.45, 2.75) is 57.8 Å². The Kier molecular flexibility index (Phi) is 4.65. The van der Waals surface area contributed by atoms with Crippen molar-refractivity contribution in [2.75, 3.05) is 12.8 Å². The van der Waals surface area contributed by atoms with E-state index < -0.39 is 5.97 Å². The molecular weight excluding hydrogens is 338 g/mol. The molecule has 0 aliphatic heterocycles. The second-order valence-corrected chi connectivity index (χ2v) is 8.77. The molecule has 0 radical (unpaired) electrons. The predicted molar refractivity (Wildman–Crippen MR) is 108 cm³/mol. The zero-order valence-corrected chi connectivity index (χ0v) is 16.7. The molecule has 2 N–H and O–H groups in total. The van der Waals surface area contributed by atoms with E-state index in [1.165, 1.54) is 18.2 Å². The number of carbonyl (C=O) groups excluding carboxylic acids is 2. The quantitative estimate of drug-likeness (QED) is 0.483. The Morgan fingerprint density at radius 2 is 1.67 bits per heavy atom. The van der Waals surface area contributed by atoms with Gasteiger partial charge >= 0.3 is 5.97 Å². The molecule has 1 aromatic carbocycles. The zero-order valence-electron chi connectivity index (χ0n) is 16.7. The lowest BCUT2D eigenvalue weighted by Gasteiger charge is -2.42. The first-order valence-electron chi connectivity index (χ1n) is 9.29. The van der Waals surface area contributed by atoms with Gasteiger partial charge in [0.2, 0.25) is 0 Å². The first-order valence-corrected chi connectivity index (χ1v) is 9.29. The van der Waals surface area contributed by atoms with E-state index in [-0.39, 0.29) is 16.4 Å². The number of esters is 1. The summed E-state index contributed by atoms with van der Waals surface area (Å²) in [6.07, 6.45) is 6.03. The molecule has 0 saturated carbocycles. The summed E-state index contributed by atoms with van der Waals surface area (Å²) in [5.74, 6) is 1.37. The van der Waals surface area contributed by atoms with Crippen molar-refractivity contribution in [3.05, 3.63) is 52.1 Å². The van der Waals surface area contributed by atoms with Crippen molar-refractivity contribution in [3.8, 4) is 0 Å². The van der Waals surface area contributed by atoms with Gasteiger partial charge in [-0.15, -0.1) is 0 Å². The van der Waals surface area contributed by atoms with Crippen LogP contribution in [-0.4, -0.2) is 19.0 Å². The van der Waals surface area contributed by atoms with E-state index in [2.05, 4.69) is 39.8 Å². The molecule has 1 aromatic rings. The fourth-order valence-corrected chi connectivity index (χ4v) is 4.12. The molecule has 0 bridgehead atoms. The summed E-state index contributed by atoms with van der Waals surface area (Å²) in [5.41, 5.74) is 12.3. The number of nitrogen functional groups attached to an aromatic ring is 1. The minimum absolute atomic E-state index is 0.0683. The molecule has 4 nitrogen and oxygen atoms in total. The van der Waals surface area contributed by atoms with E-state index >= 15 is 0 Å². The molecule has 0 amide bonds. The lowest BCUT2D eigenvalue weighted by molar-refractivity contribution is -0.135. The Morgan fingerprint density at radius 1 is 1.07 bits per heavy atom. The van der Waals surface area contributed by atoms with Crippen molar-refractivity contribution in [1.29, 1.82) is 0 Å². The van der Waals surface area contributed by atoms with Crippen LogP contribution in [0.4, 0.5) is 5.69 Å². The van der Waals surface area contributed by atoms with Crippen LogP contribution >= 0.6 is 0 Å². The van der Waals surface area contributed by atoms with Gasteiger partial charge < -0.3 is 10.5 Å². The number of rotatable bonds is 2. The summed E-state index contributed by atoms with van der Waals surface area (Å²) in [7, 11) is 1.30. The van der Waals surface area contributed by atoms with E-state index in [0.717, 1.165) is 24.0 Å². The molecule has 0 aromatic heterocycles. The number of benzene rings is 1. The van der Waals surface area contributed by atoms with Gasteiger partial charge in [0, 0.05) is 17.7 Å². The van der Waals surface area contributed by atoms with E-state index in [9.17, 15) is 9.59 Å². The average molecular weight is 365 g/mol. The molecule has 2 aliphatic rings. The SMILES string of the molecule is COC(=O)C1=CC=C(c2cc3c(cc2N)C(C)(C)CCC3(C)C)CC1=C=O. The van der Waals surface area contributed by atoms with Crippen LogP contribution in [0.25, 0.3) is 5.57 Å². The molecule has 0 atom stereocenters. The summed E-state index contributed by atoms with van der Waals surface area (Å²) in [6, 6.07) is 4.27. The predicted octanol–water partition coefficient (Wildman–Crippen LogP) is 4.26. The number of ether oxygens (including phenoxy) is 1. The standard InChI is InChI=1S/C23H27NO3/c1-22(2)8-9-23(3,4)19-12-20(24)17(11-18(19)22)14-6-7-16(21(26)27-5)15(10-14)13-25/h6-7,11-12H,8-10,24H2,1-5H3. The number of fused-ring (bicyclic) bond motifs is 1. The average Bonchev–Trinajstić information content (AvgIpc) is 2.64. The van der Waals surface area contributed by atoms with Crippen LogP contribution in [0.1, 0.15) is 63.6 Å². The second-order valence-electron chi connectivity index (χ2n) is 8.77. The molecule has 4 heteroatoms. The number of anilines is 1. The Bertz CT molecular complexity index is 925. The summed E-state index contributed by atoms with van der Waals surface area (Å²) in [4.78, 5) is 23.3. The van der Waals surface area contributed by atoms with Gasteiger partial charge in [0.25, 0.3) is 0 Å². The maximum Gasteiger partial charge on any atom is 0.338 e. The molecule has 0 fully saturated rings. The number of methoxy groups -OCH3 is 1. The maximum atomic E-state index is 11.9. The van der Waals surface area contributed by atoms with Crippen LogP contribution in [0.5, 0.6) is 0 Å². The van der Waals surface area contributed by atoms with Crippen molar-refractivity contribution in [2.24, 2.45) is 0 Å². The smallest absolute Gasteiger partial charge is 0.338 e. The van der Waals surface area contributed by atoms with Crippen LogP contribution < -0.4 is 5.73 Å². The summed E-state index contributed by atoms with van der Waals surface area (Å²) >= 11 is 0. The highest BCUT2D eigenvalue weighted by molar-refractivity contribution is 6.00. The normalized spacial score (nSPS) is 20.1. The Labute approximate surface area is 160 Å². The third-order valence-corrected chi connectivity index (χ3v) is 6.04. The minimum Gasteiger partial charge on any atom is -0.465 e. The van der Waals surface area contributed by atoms with Gasteiger partial charge in [-0.1, -0.05) is 33.8 Å². The Balaban J connectivity index is 2.14. The Hall–Kier alpha value is -2.58. The molecule has 0 saturated heterocycles. The van der Waals surface area contributed by atoms with Gasteiger partial charge in [0.15, 0.2) is 0 Å². The van der Waals surface area contributed by atoms with Gasteiger partial charge in [-0.2, -0.15) is 0 Å². The topological polar surface area (TPSA) is 69.4 Å². The number of hydrogen-bond acceptors (Lipinski definition) is 4. The zero-order chi connectivity index (χ0) is 20.0. The van der Waals surface area contributed by atoms with Gasteiger partial charge in [-0.05, 0) is 58.6 Å². The lowest BCUT2D eigenvalue weighted by atomic mass is 9.62. The third kappa shape index (κ3) is 3.26. The van der Waals surface area contributed by atoms with E-state index in [0.29, 0.717) is 17.7 Å². The first-order chi connectivity index (χ1) is 12.6. The van der Waals surface area contributed by atoms with E-state index in [1.54, 1.807) is 6.08 Å². The maximum absolute atomic E-state index is 11.9. The molecule has 0 spiro atoms. The van der Waals surface area contributed by atoms with E-state index in [4.69, 9.17) is 10.5 Å². The number of hydrogen-bond donors (Lipinski definition) is 1. The van der Waals surface area contributed by atoms with Crippen LogP contribution in [-0.2, 0) is 25.2 Å². The molecule has 3 rings (SSSR count). The van der Waals surface area contributed by atoms with Crippen molar-refractivity contribution >= 4 is 23.2 Å². The van der Waals surface area contributed by atoms with Crippen molar-refractivity contribution in [1.82, 2.24) is 0 Å². The number of nitrogens with two attached hydrogens (primary N) is 1. The van der Waals surface area contributed by atoms with E-state index in [1.807, 2.05) is 12.0 Å². The Morgan fingerprint density at radius 3 is 2.22 bits per heavy atom. The fourth-order valence-electron chi connectivity index (χ4n) is 4.12. The summed E-state index contributed by atoms with van der Waals surface area (Å²) in [6.45, 7) is 9.06. The summed E-state index contributed by atoms with van der Waals surface area (Å²) in [5, 5.41) is 0. The van der Waals surface area contributed by atoms with Gasteiger partial charge in [0.1, 0.15) is 5.94 Å².